The Hall–Kier alpha value is -2.46. The van der Waals surface area contributed by atoms with Crippen molar-refractivity contribution < 1.29 is 4.39 Å². The maximum absolute atomic E-state index is 13.0. The number of hydrogen-bond donors (Lipinski definition) is 1. The van der Waals surface area contributed by atoms with E-state index in [1.165, 1.54) is 23.3 Å². The maximum Gasteiger partial charge on any atom is 0.123 e. The van der Waals surface area contributed by atoms with E-state index in [4.69, 9.17) is 0 Å². The molecule has 1 N–H and O–H groups in total. The molecule has 1 atom stereocenters. The Morgan fingerprint density at radius 1 is 1.12 bits per heavy atom. The summed E-state index contributed by atoms with van der Waals surface area (Å²) in [7, 11) is 0. The number of aryl methyl sites for hydroxylation is 1. The Morgan fingerprint density at radius 3 is 2.58 bits per heavy atom. The lowest BCUT2D eigenvalue weighted by Crippen LogP contribution is -2.18. The van der Waals surface area contributed by atoms with Crippen molar-refractivity contribution in [1.82, 2.24) is 14.9 Å². The maximum atomic E-state index is 13.0. The van der Waals surface area contributed by atoms with Crippen LogP contribution in [-0.4, -0.2) is 9.55 Å². The topological polar surface area (TPSA) is 29.9 Å². The summed E-state index contributed by atoms with van der Waals surface area (Å²) in [5.74, 6) is 0.817. The van der Waals surface area contributed by atoms with Crippen LogP contribution < -0.4 is 5.32 Å². The van der Waals surface area contributed by atoms with Crippen LogP contribution in [-0.2, 0) is 13.1 Å². The Morgan fingerprint density at radius 2 is 1.88 bits per heavy atom. The molecule has 0 saturated carbocycles. The largest absolute Gasteiger partial charge is 0.331 e. The molecule has 0 fully saturated rings. The van der Waals surface area contributed by atoms with Gasteiger partial charge in [-0.2, -0.15) is 0 Å². The number of nitrogens with zero attached hydrogens (tertiary/aromatic N) is 2. The first-order valence-corrected chi connectivity index (χ1v) is 8.16. The van der Waals surface area contributed by atoms with Gasteiger partial charge in [-0.25, -0.2) is 9.37 Å². The third-order valence-corrected chi connectivity index (χ3v) is 4.25. The monoisotopic (exact) mass is 323 g/mol. The highest BCUT2D eigenvalue weighted by Crippen LogP contribution is 2.14. The lowest BCUT2D eigenvalue weighted by molar-refractivity contribution is 0.570. The number of imidazole rings is 1. The van der Waals surface area contributed by atoms with Crippen LogP contribution in [0, 0.1) is 12.7 Å². The molecular weight excluding hydrogens is 301 g/mol. The van der Waals surface area contributed by atoms with E-state index in [0.29, 0.717) is 0 Å². The molecule has 1 heterocycles. The summed E-state index contributed by atoms with van der Waals surface area (Å²) in [5, 5.41) is 3.49. The first-order valence-electron chi connectivity index (χ1n) is 8.16. The van der Waals surface area contributed by atoms with E-state index >= 15 is 0 Å². The molecule has 0 amide bonds. The summed E-state index contributed by atoms with van der Waals surface area (Å²) in [4.78, 5) is 4.26. The summed E-state index contributed by atoms with van der Waals surface area (Å²) < 4.78 is 15.1. The van der Waals surface area contributed by atoms with Gasteiger partial charge in [-0.15, -0.1) is 0 Å². The Balaban J connectivity index is 1.62. The van der Waals surface area contributed by atoms with Crippen LogP contribution >= 0.6 is 0 Å². The molecule has 0 unspecified atom stereocenters. The molecule has 3 rings (SSSR count). The highest BCUT2D eigenvalue weighted by atomic mass is 19.1. The third-order valence-electron chi connectivity index (χ3n) is 4.25. The van der Waals surface area contributed by atoms with Crippen molar-refractivity contribution in [3.05, 3.63) is 89.3 Å². The van der Waals surface area contributed by atoms with Crippen LogP contribution in [0.15, 0.2) is 60.9 Å². The van der Waals surface area contributed by atoms with Crippen LogP contribution in [0.1, 0.15) is 35.5 Å². The predicted molar refractivity (Wildman–Crippen MR) is 94.2 cm³/mol. The van der Waals surface area contributed by atoms with Gasteiger partial charge in [0.05, 0.1) is 0 Å². The van der Waals surface area contributed by atoms with Gasteiger partial charge in [0.25, 0.3) is 0 Å². The second-order valence-electron chi connectivity index (χ2n) is 6.08. The van der Waals surface area contributed by atoms with Gasteiger partial charge in [0, 0.05) is 31.5 Å². The molecule has 0 saturated heterocycles. The molecule has 0 aliphatic heterocycles. The molecule has 124 valence electrons. The second kappa shape index (κ2) is 7.41. The molecule has 1 aromatic heterocycles. The zero-order valence-electron chi connectivity index (χ0n) is 14.0. The van der Waals surface area contributed by atoms with Crippen molar-refractivity contribution in [2.75, 3.05) is 0 Å². The summed E-state index contributed by atoms with van der Waals surface area (Å²) in [5.41, 5.74) is 3.57. The Bertz CT molecular complexity index is 793. The fourth-order valence-corrected chi connectivity index (χ4v) is 2.75. The molecule has 4 heteroatoms. The first-order chi connectivity index (χ1) is 11.6. The minimum Gasteiger partial charge on any atom is -0.331 e. The SMILES string of the molecule is Cc1nccn1Cc1cccc(CN[C@@H](C)c2ccc(F)cc2)c1. The van der Waals surface area contributed by atoms with Crippen LogP contribution in [0.2, 0.25) is 0 Å². The summed E-state index contributed by atoms with van der Waals surface area (Å²) in [6.07, 6.45) is 3.82. The average Bonchev–Trinajstić information content (AvgIpc) is 2.98. The molecule has 2 aromatic carbocycles. The van der Waals surface area contributed by atoms with Crippen molar-refractivity contribution in [3.63, 3.8) is 0 Å². The van der Waals surface area contributed by atoms with Gasteiger partial charge in [0.15, 0.2) is 0 Å². The molecule has 0 bridgehead atoms. The molecular formula is C20H22FN3. The smallest absolute Gasteiger partial charge is 0.123 e. The normalized spacial score (nSPS) is 12.3. The average molecular weight is 323 g/mol. The number of halogens is 1. The summed E-state index contributed by atoms with van der Waals surface area (Å²) >= 11 is 0. The van der Waals surface area contributed by atoms with Crippen LogP contribution in [0.3, 0.4) is 0 Å². The van der Waals surface area contributed by atoms with E-state index in [-0.39, 0.29) is 11.9 Å². The zero-order valence-corrected chi connectivity index (χ0v) is 14.0. The summed E-state index contributed by atoms with van der Waals surface area (Å²) in [6.45, 7) is 5.70. The van der Waals surface area contributed by atoms with E-state index in [2.05, 4.69) is 46.1 Å². The fraction of sp³-hybridized carbons (Fsp3) is 0.250. The van der Waals surface area contributed by atoms with E-state index in [0.717, 1.165) is 24.5 Å². The van der Waals surface area contributed by atoms with E-state index < -0.39 is 0 Å². The van der Waals surface area contributed by atoms with Crippen molar-refractivity contribution in [3.8, 4) is 0 Å². The minimum atomic E-state index is -0.201. The fourth-order valence-electron chi connectivity index (χ4n) is 2.75. The van der Waals surface area contributed by atoms with Crippen LogP contribution in [0.4, 0.5) is 4.39 Å². The number of benzene rings is 2. The zero-order chi connectivity index (χ0) is 16.9. The van der Waals surface area contributed by atoms with Gasteiger partial charge < -0.3 is 9.88 Å². The van der Waals surface area contributed by atoms with Gasteiger partial charge in [-0.05, 0) is 42.7 Å². The highest BCUT2D eigenvalue weighted by Gasteiger charge is 2.06. The lowest BCUT2D eigenvalue weighted by Gasteiger charge is -2.15. The standard InChI is InChI=1S/C20H22FN3/c1-15(19-6-8-20(21)9-7-19)23-13-17-4-3-5-18(12-17)14-24-11-10-22-16(24)2/h3-12,15,23H,13-14H2,1-2H3/t15-/m0/s1. The molecule has 3 nitrogen and oxygen atoms in total. The van der Waals surface area contributed by atoms with Gasteiger partial charge in [0.2, 0.25) is 0 Å². The molecule has 24 heavy (non-hydrogen) atoms. The quantitative estimate of drug-likeness (QED) is 0.736. The number of aromatic nitrogens is 2. The van der Waals surface area contributed by atoms with Crippen LogP contribution in [0.5, 0.6) is 0 Å². The number of hydrogen-bond acceptors (Lipinski definition) is 2. The number of rotatable bonds is 6. The van der Waals surface area contributed by atoms with Crippen molar-refractivity contribution in [1.29, 1.82) is 0 Å². The molecule has 0 radical (unpaired) electrons. The van der Waals surface area contributed by atoms with Crippen LogP contribution in [0.25, 0.3) is 0 Å². The van der Waals surface area contributed by atoms with Gasteiger partial charge in [-0.1, -0.05) is 36.4 Å². The van der Waals surface area contributed by atoms with Crippen molar-refractivity contribution in [2.24, 2.45) is 0 Å². The first kappa shape index (κ1) is 16.4. The van der Waals surface area contributed by atoms with E-state index in [1.54, 1.807) is 0 Å². The Kier molecular flexibility index (Phi) is 5.06. The van der Waals surface area contributed by atoms with E-state index in [9.17, 15) is 4.39 Å². The number of nitrogens with one attached hydrogen (secondary N) is 1. The van der Waals surface area contributed by atoms with E-state index in [1.807, 2.05) is 31.5 Å². The summed E-state index contributed by atoms with van der Waals surface area (Å²) in [6, 6.07) is 15.4. The molecule has 0 spiro atoms. The van der Waals surface area contributed by atoms with Gasteiger partial charge in [0.1, 0.15) is 11.6 Å². The molecule has 0 aliphatic rings. The minimum absolute atomic E-state index is 0.171. The van der Waals surface area contributed by atoms with Gasteiger partial charge >= 0.3 is 0 Å². The second-order valence-corrected chi connectivity index (χ2v) is 6.08. The highest BCUT2D eigenvalue weighted by molar-refractivity contribution is 5.25. The lowest BCUT2D eigenvalue weighted by atomic mass is 10.1. The molecule has 3 aromatic rings. The Labute approximate surface area is 142 Å². The van der Waals surface area contributed by atoms with Crippen molar-refractivity contribution >= 4 is 0 Å². The van der Waals surface area contributed by atoms with Crippen molar-refractivity contribution in [2.45, 2.75) is 33.0 Å². The van der Waals surface area contributed by atoms with Gasteiger partial charge in [-0.3, -0.25) is 0 Å². The molecule has 0 aliphatic carbocycles. The third kappa shape index (κ3) is 4.09. The predicted octanol–water partition coefficient (Wildman–Crippen LogP) is 4.23.